The summed E-state index contributed by atoms with van der Waals surface area (Å²) in [6, 6.07) is 1.59. The van der Waals surface area contributed by atoms with Gasteiger partial charge in [0, 0.05) is 11.6 Å². The second kappa shape index (κ2) is 6.31. The van der Waals surface area contributed by atoms with Crippen LogP contribution in [0.25, 0.3) is 0 Å². The molecule has 0 aromatic heterocycles. The number of hydrogen-bond acceptors (Lipinski definition) is 3. The van der Waals surface area contributed by atoms with Gasteiger partial charge in [0.15, 0.2) is 0 Å². The molecule has 20 heavy (non-hydrogen) atoms. The van der Waals surface area contributed by atoms with Crippen molar-refractivity contribution in [3.05, 3.63) is 34.9 Å². The number of ether oxygens (including phenoxy) is 1. The highest BCUT2D eigenvalue weighted by molar-refractivity contribution is 5.69. The Kier molecular flexibility index (Phi) is 5.22. The van der Waals surface area contributed by atoms with Crippen LogP contribution in [0.4, 0.5) is 8.78 Å². The van der Waals surface area contributed by atoms with Gasteiger partial charge in [-0.2, -0.15) is 0 Å². The maximum absolute atomic E-state index is 13.8. The van der Waals surface area contributed by atoms with E-state index < -0.39 is 23.1 Å². The minimum atomic E-state index is -0.676. The molecule has 0 aliphatic carbocycles. The lowest BCUT2D eigenvalue weighted by Crippen LogP contribution is -2.25. The van der Waals surface area contributed by atoms with Crippen LogP contribution in [0.3, 0.4) is 0 Å². The monoisotopic (exact) mass is 285 g/mol. The Morgan fingerprint density at radius 2 is 1.95 bits per heavy atom. The zero-order chi connectivity index (χ0) is 15.5. The topological polar surface area (TPSA) is 52.3 Å². The average Bonchev–Trinajstić information content (AvgIpc) is 2.32. The molecule has 3 nitrogen and oxygen atoms in total. The van der Waals surface area contributed by atoms with Crippen molar-refractivity contribution >= 4 is 5.97 Å². The Hall–Kier alpha value is -1.49. The molecule has 2 N–H and O–H groups in total. The van der Waals surface area contributed by atoms with Crippen LogP contribution in [-0.2, 0) is 9.53 Å². The molecule has 5 heteroatoms. The molecule has 0 amide bonds. The van der Waals surface area contributed by atoms with E-state index in [4.69, 9.17) is 5.73 Å². The van der Waals surface area contributed by atoms with Gasteiger partial charge in [0.05, 0.1) is 13.5 Å². The third-order valence-electron chi connectivity index (χ3n) is 3.30. The summed E-state index contributed by atoms with van der Waals surface area (Å²) in [4.78, 5) is 11.3. The molecule has 1 aromatic rings. The van der Waals surface area contributed by atoms with Crippen molar-refractivity contribution < 1.29 is 18.3 Å². The first-order chi connectivity index (χ1) is 9.16. The third-order valence-corrected chi connectivity index (χ3v) is 3.30. The molecule has 0 radical (unpaired) electrons. The Morgan fingerprint density at radius 3 is 2.50 bits per heavy atom. The standard InChI is InChI=1S/C15H21F2NO2/c1-9-5-12(17)10(6-11(9)16)13(18)7-15(2,3)8-14(19)20-4/h5-6,13H,7-8,18H2,1-4H3. The molecular formula is C15H21F2NO2. The van der Waals surface area contributed by atoms with Crippen LogP contribution in [0.5, 0.6) is 0 Å². The number of rotatable bonds is 5. The number of esters is 1. The first-order valence-corrected chi connectivity index (χ1v) is 6.44. The predicted molar refractivity (Wildman–Crippen MR) is 73.1 cm³/mol. The first-order valence-electron chi connectivity index (χ1n) is 6.44. The molecule has 112 valence electrons. The molecule has 0 saturated heterocycles. The zero-order valence-corrected chi connectivity index (χ0v) is 12.3. The van der Waals surface area contributed by atoms with E-state index in [1.807, 2.05) is 13.8 Å². The first kappa shape index (κ1) is 16.6. The second-order valence-corrected chi connectivity index (χ2v) is 5.85. The fraction of sp³-hybridized carbons (Fsp3) is 0.533. The predicted octanol–water partition coefficient (Wildman–Crippen LogP) is 3.25. The van der Waals surface area contributed by atoms with Crippen LogP contribution < -0.4 is 5.73 Å². The average molecular weight is 285 g/mol. The van der Waals surface area contributed by atoms with Crippen molar-refractivity contribution in [1.82, 2.24) is 0 Å². The molecule has 0 aliphatic heterocycles. The quantitative estimate of drug-likeness (QED) is 0.845. The van der Waals surface area contributed by atoms with Gasteiger partial charge in [-0.15, -0.1) is 0 Å². The van der Waals surface area contributed by atoms with E-state index in [-0.39, 0.29) is 23.5 Å². The molecule has 1 unspecified atom stereocenters. The SMILES string of the molecule is COC(=O)CC(C)(C)CC(N)c1cc(F)c(C)cc1F. The van der Waals surface area contributed by atoms with Gasteiger partial charge >= 0.3 is 5.97 Å². The van der Waals surface area contributed by atoms with Crippen molar-refractivity contribution in [2.75, 3.05) is 7.11 Å². The van der Waals surface area contributed by atoms with E-state index in [1.165, 1.54) is 14.0 Å². The van der Waals surface area contributed by atoms with Crippen molar-refractivity contribution in [3.63, 3.8) is 0 Å². The fourth-order valence-corrected chi connectivity index (χ4v) is 2.19. The van der Waals surface area contributed by atoms with Gasteiger partial charge in [-0.05, 0) is 36.5 Å². The lowest BCUT2D eigenvalue weighted by molar-refractivity contribution is -0.143. The van der Waals surface area contributed by atoms with E-state index in [2.05, 4.69) is 4.74 Å². The van der Waals surface area contributed by atoms with Crippen LogP contribution in [-0.4, -0.2) is 13.1 Å². The minimum Gasteiger partial charge on any atom is -0.469 e. The largest absolute Gasteiger partial charge is 0.469 e. The summed E-state index contributed by atoms with van der Waals surface area (Å²) in [5, 5.41) is 0. The number of benzene rings is 1. The van der Waals surface area contributed by atoms with Gasteiger partial charge in [0.25, 0.3) is 0 Å². The summed E-state index contributed by atoms with van der Waals surface area (Å²) in [7, 11) is 1.31. The molecule has 0 heterocycles. The fourth-order valence-electron chi connectivity index (χ4n) is 2.19. The summed E-state index contributed by atoms with van der Waals surface area (Å²) in [5.41, 5.74) is 5.87. The highest BCUT2D eigenvalue weighted by Crippen LogP contribution is 2.33. The van der Waals surface area contributed by atoms with Crippen molar-refractivity contribution in [2.24, 2.45) is 11.1 Å². The highest BCUT2D eigenvalue weighted by atomic mass is 19.1. The van der Waals surface area contributed by atoms with Gasteiger partial charge in [0.2, 0.25) is 0 Å². The molecule has 0 bridgehead atoms. The van der Waals surface area contributed by atoms with Crippen molar-refractivity contribution in [1.29, 1.82) is 0 Å². The maximum Gasteiger partial charge on any atom is 0.306 e. The Bertz CT molecular complexity index is 501. The van der Waals surface area contributed by atoms with Gasteiger partial charge in [-0.1, -0.05) is 13.8 Å². The smallest absolute Gasteiger partial charge is 0.306 e. The van der Waals surface area contributed by atoms with E-state index in [9.17, 15) is 13.6 Å². The van der Waals surface area contributed by atoms with Crippen LogP contribution in [0.15, 0.2) is 12.1 Å². The van der Waals surface area contributed by atoms with Crippen LogP contribution in [0.1, 0.15) is 43.9 Å². The Morgan fingerprint density at radius 1 is 1.35 bits per heavy atom. The molecule has 1 aromatic carbocycles. The number of hydrogen-bond donors (Lipinski definition) is 1. The summed E-state index contributed by atoms with van der Waals surface area (Å²) >= 11 is 0. The molecular weight excluding hydrogens is 264 g/mol. The normalized spacial score (nSPS) is 13.2. The van der Waals surface area contributed by atoms with Gasteiger partial charge in [-0.3, -0.25) is 4.79 Å². The van der Waals surface area contributed by atoms with Gasteiger partial charge in [0.1, 0.15) is 11.6 Å². The maximum atomic E-state index is 13.8. The summed E-state index contributed by atoms with van der Waals surface area (Å²) in [6.45, 7) is 5.17. The lowest BCUT2D eigenvalue weighted by Gasteiger charge is -2.27. The number of carbonyl (C=O) groups is 1. The molecule has 0 fully saturated rings. The number of carbonyl (C=O) groups excluding carboxylic acids is 1. The second-order valence-electron chi connectivity index (χ2n) is 5.85. The minimum absolute atomic E-state index is 0.131. The lowest BCUT2D eigenvalue weighted by atomic mass is 9.81. The van der Waals surface area contributed by atoms with Crippen molar-refractivity contribution in [2.45, 2.75) is 39.7 Å². The van der Waals surface area contributed by atoms with Crippen molar-refractivity contribution in [3.8, 4) is 0 Å². The van der Waals surface area contributed by atoms with E-state index in [0.717, 1.165) is 12.1 Å². The summed E-state index contributed by atoms with van der Waals surface area (Å²) < 4.78 is 32.0. The van der Waals surface area contributed by atoms with Gasteiger partial charge in [-0.25, -0.2) is 8.78 Å². The molecule has 0 aliphatic rings. The Balaban J connectivity index is 2.88. The molecule has 1 atom stereocenters. The number of methoxy groups -OCH3 is 1. The van der Waals surface area contributed by atoms with E-state index in [1.54, 1.807) is 0 Å². The summed E-state index contributed by atoms with van der Waals surface area (Å²) in [6.07, 6.45) is 0.523. The molecule has 0 spiro atoms. The number of halogens is 2. The molecule has 0 saturated carbocycles. The Labute approximate surface area is 118 Å². The number of aryl methyl sites for hydroxylation is 1. The third kappa shape index (κ3) is 4.27. The van der Waals surface area contributed by atoms with Gasteiger partial charge < -0.3 is 10.5 Å². The van der Waals surface area contributed by atoms with Crippen LogP contribution in [0, 0.1) is 24.0 Å². The number of nitrogens with two attached hydrogens (primary N) is 1. The zero-order valence-electron chi connectivity index (χ0n) is 12.3. The van der Waals surface area contributed by atoms with E-state index in [0.29, 0.717) is 6.42 Å². The highest BCUT2D eigenvalue weighted by Gasteiger charge is 2.27. The molecule has 1 rings (SSSR count). The van der Waals surface area contributed by atoms with E-state index >= 15 is 0 Å². The van der Waals surface area contributed by atoms with Crippen LogP contribution in [0.2, 0.25) is 0 Å². The van der Waals surface area contributed by atoms with Crippen LogP contribution >= 0.6 is 0 Å². The summed E-state index contributed by atoms with van der Waals surface area (Å²) in [5.74, 6) is -1.36.